The van der Waals surface area contributed by atoms with E-state index < -0.39 is 47.1 Å². The van der Waals surface area contributed by atoms with Crippen molar-refractivity contribution in [2.45, 2.75) is 25.1 Å². The van der Waals surface area contributed by atoms with Crippen LogP contribution in [-0.2, 0) is 10.4 Å². The van der Waals surface area contributed by atoms with E-state index >= 15 is 0 Å². The van der Waals surface area contributed by atoms with Crippen molar-refractivity contribution in [1.82, 2.24) is 0 Å². The number of phenolic OH excluding ortho intramolecular Hbond substituents is 1. The second kappa shape index (κ2) is 6.16. The highest BCUT2D eigenvalue weighted by molar-refractivity contribution is 5.92. The number of hydrogen-bond donors (Lipinski definition) is 3. The van der Waals surface area contributed by atoms with Gasteiger partial charge < -0.3 is 19.9 Å². The second-order valence-electron chi connectivity index (χ2n) is 5.15. The summed E-state index contributed by atoms with van der Waals surface area (Å²) in [6.45, 7) is 1.38. The van der Waals surface area contributed by atoms with E-state index in [1.54, 1.807) is 0 Å². The number of rotatable bonds is 4. The summed E-state index contributed by atoms with van der Waals surface area (Å²) < 4.78 is 57.6. The quantitative estimate of drug-likeness (QED) is 0.586. The largest absolute Gasteiger partial charge is 0.506 e. The summed E-state index contributed by atoms with van der Waals surface area (Å²) in [6.07, 6.45) is -6.63. The van der Waals surface area contributed by atoms with Crippen LogP contribution in [0.15, 0.2) is 34.7 Å². The Bertz CT molecular complexity index is 756. The van der Waals surface area contributed by atoms with Crippen LogP contribution >= 0.6 is 0 Å². The molecule has 0 saturated carbocycles. The smallest absolute Gasteiger partial charge is 0.425 e. The number of furan rings is 1. The highest BCUT2D eigenvalue weighted by atomic mass is 19.4. The molecule has 0 spiro atoms. The molecule has 0 saturated heterocycles. The Hall–Kier alpha value is -2.55. The minimum atomic E-state index is -5.20. The lowest BCUT2D eigenvalue weighted by Gasteiger charge is -2.28. The predicted molar refractivity (Wildman–Crippen MR) is 74.7 cm³/mol. The van der Waals surface area contributed by atoms with E-state index in [1.807, 2.05) is 5.32 Å². The monoisotopic (exact) mass is 347 g/mol. The molecule has 1 heterocycles. The number of nitrogens with one attached hydrogen (secondary N) is 1. The number of aromatic hydroxyl groups is 1. The van der Waals surface area contributed by atoms with Gasteiger partial charge in [-0.2, -0.15) is 13.2 Å². The van der Waals surface area contributed by atoms with Crippen molar-refractivity contribution in [2.24, 2.45) is 0 Å². The van der Waals surface area contributed by atoms with Gasteiger partial charge >= 0.3 is 6.18 Å². The highest BCUT2D eigenvalue weighted by Gasteiger charge is 2.58. The molecule has 0 aliphatic heterocycles. The molecule has 3 N–H and O–H groups in total. The van der Waals surface area contributed by atoms with Gasteiger partial charge in [0, 0.05) is 6.07 Å². The Morgan fingerprint density at radius 1 is 1.25 bits per heavy atom. The van der Waals surface area contributed by atoms with E-state index in [2.05, 4.69) is 0 Å². The van der Waals surface area contributed by atoms with Gasteiger partial charge in [0.15, 0.2) is 0 Å². The minimum Gasteiger partial charge on any atom is -0.506 e. The zero-order chi connectivity index (χ0) is 18.1. The lowest BCUT2D eigenvalue weighted by atomic mass is 9.95. The van der Waals surface area contributed by atoms with Crippen molar-refractivity contribution in [3.8, 4) is 5.75 Å². The van der Waals surface area contributed by atoms with Crippen molar-refractivity contribution in [1.29, 1.82) is 0 Å². The van der Waals surface area contributed by atoms with E-state index in [0.717, 1.165) is 24.3 Å². The molecule has 1 atom stereocenters. The van der Waals surface area contributed by atoms with Crippen LogP contribution in [0.25, 0.3) is 0 Å². The summed E-state index contributed by atoms with van der Waals surface area (Å²) in [7, 11) is 0. The van der Waals surface area contributed by atoms with Crippen molar-refractivity contribution in [3.05, 3.63) is 47.7 Å². The fourth-order valence-corrected chi connectivity index (χ4v) is 2.02. The molecule has 2 aromatic rings. The lowest BCUT2D eigenvalue weighted by Crippen LogP contribution is -2.44. The number of carbonyl (C=O) groups is 1. The Morgan fingerprint density at radius 2 is 1.92 bits per heavy atom. The molecule has 9 heteroatoms. The van der Waals surface area contributed by atoms with E-state index in [4.69, 9.17) is 4.42 Å². The maximum Gasteiger partial charge on any atom is 0.425 e. The molecule has 0 radical (unpaired) electrons. The summed E-state index contributed by atoms with van der Waals surface area (Å²) in [5.41, 5.74) is -3.98. The average Bonchev–Trinajstić information content (AvgIpc) is 2.88. The summed E-state index contributed by atoms with van der Waals surface area (Å²) in [4.78, 5) is 11.9. The third kappa shape index (κ3) is 3.51. The third-order valence-corrected chi connectivity index (χ3v) is 3.27. The summed E-state index contributed by atoms with van der Waals surface area (Å²) in [6, 6.07) is 4.69. The SMILES string of the molecule is Cc1ccc(C(O)(CC(=O)Nc2cc(F)ccc2O)C(F)(F)F)o1. The standard InChI is InChI=1S/C15H13F4NO4/c1-8-2-5-12(24-8)14(23,15(17,18)19)7-13(22)20-10-6-9(16)3-4-11(10)21/h2-6,21,23H,7H2,1H3,(H,20,22). The first-order valence-corrected chi connectivity index (χ1v) is 6.67. The van der Waals surface area contributed by atoms with Crippen LogP contribution in [0.2, 0.25) is 0 Å². The molecule has 2 rings (SSSR count). The second-order valence-corrected chi connectivity index (χ2v) is 5.15. The Morgan fingerprint density at radius 3 is 2.46 bits per heavy atom. The first-order valence-electron chi connectivity index (χ1n) is 6.67. The lowest BCUT2D eigenvalue weighted by molar-refractivity contribution is -0.272. The topological polar surface area (TPSA) is 82.7 Å². The number of aliphatic hydroxyl groups is 1. The van der Waals surface area contributed by atoms with Gasteiger partial charge in [-0.3, -0.25) is 4.79 Å². The number of phenols is 1. The first kappa shape index (κ1) is 17.8. The molecule has 0 aliphatic rings. The van der Waals surface area contributed by atoms with E-state index in [-0.39, 0.29) is 5.76 Å². The molecule has 1 unspecified atom stereocenters. The van der Waals surface area contributed by atoms with Crippen molar-refractivity contribution < 1.29 is 37.0 Å². The summed E-state index contributed by atoms with van der Waals surface area (Å²) in [5.74, 6) is -3.35. The van der Waals surface area contributed by atoms with Gasteiger partial charge in [-0.15, -0.1) is 0 Å². The van der Waals surface area contributed by atoms with Crippen LogP contribution in [0.1, 0.15) is 17.9 Å². The average molecular weight is 347 g/mol. The molecule has 1 aromatic heterocycles. The highest BCUT2D eigenvalue weighted by Crippen LogP contribution is 2.42. The number of carbonyl (C=O) groups excluding carboxylic acids is 1. The fourth-order valence-electron chi connectivity index (χ4n) is 2.02. The molecule has 0 aliphatic carbocycles. The van der Waals surface area contributed by atoms with Crippen LogP contribution in [0.4, 0.5) is 23.2 Å². The van der Waals surface area contributed by atoms with Crippen LogP contribution in [0, 0.1) is 12.7 Å². The van der Waals surface area contributed by atoms with E-state index in [1.165, 1.54) is 13.0 Å². The normalized spacial score (nSPS) is 14.2. The molecule has 130 valence electrons. The number of aryl methyl sites for hydroxylation is 1. The van der Waals surface area contributed by atoms with Gasteiger partial charge in [-0.25, -0.2) is 4.39 Å². The Labute approximate surface area is 133 Å². The predicted octanol–water partition coefficient (Wildman–Crippen LogP) is 3.21. The molecule has 0 fully saturated rings. The molecule has 24 heavy (non-hydrogen) atoms. The van der Waals surface area contributed by atoms with E-state index in [9.17, 15) is 32.6 Å². The van der Waals surface area contributed by atoms with Gasteiger partial charge in [0.25, 0.3) is 0 Å². The minimum absolute atomic E-state index is 0.121. The van der Waals surface area contributed by atoms with Crippen molar-refractivity contribution in [3.63, 3.8) is 0 Å². The maximum absolute atomic E-state index is 13.2. The van der Waals surface area contributed by atoms with Gasteiger partial charge in [0.1, 0.15) is 23.1 Å². The molecule has 5 nitrogen and oxygen atoms in total. The van der Waals surface area contributed by atoms with Crippen molar-refractivity contribution in [2.75, 3.05) is 5.32 Å². The van der Waals surface area contributed by atoms with Crippen molar-refractivity contribution >= 4 is 11.6 Å². The number of benzene rings is 1. The Balaban J connectivity index is 2.27. The maximum atomic E-state index is 13.2. The number of amides is 1. The third-order valence-electron chi connectivity index (χ3n) is 3.27. The fraction of sp³-hybridized carbons (Fsp3) is 0.267. The molecule has 1 aromatic carbocycles. The molecule has 1 amide bonds. The summed E-state index contributed by atoms with van der Waals surface area (Å²) in [5, 5.41) is 21.4. The number of hydrogen-bond acceptors (Lipinski definition) is 4. The number of halogens is 4. The van der Waals surface area contributed by atoms with Gasteiger partial charge in [0.05, 0.1) is 12.1 Å². The van der Waals surface area contributed by atoms with Gasteiger partial charge in [0.2, 0.25) is 11.5 Å². The number of anilines is 1. The molecular weight excluding hydrogens is 334 g/mol. The first-order chi connectivity index (χ1) is 11.0. The molecule has 0 bridgehead atoms. The number of alkyl halides is 3. The van der Waals surface area contributed by atoms with Gasteiger partial charge in [-0.05, 0) is 31.2 Å². The van der Waals surface area contributed by atoms with Gasteiger partial charge in [-0.1, -0.05) is 0 Å². The summed E-state index contributed by atoms with van der Waals surface area (Å²) >= 11 is 0. The van der Waals surface area contributed by atoms with Crippen LogP contribution < -0.4 is 5.32 Å². The van der Waals surface area contributed by atoms with Crippen LogP contribution in [0.3, 0.4) is 0 Å². The van der Waals surface area contributed by atoms with Crippen LogP contribution in [-0.4, -0.2) is 22.3 Å². The Kier molecular flexibility index (Phi) is 4.57. The zero-order valence-corrected chi connectivity index (χ0v) is 12.3. The zero-order valence-electron chi connectivity index (χ0n) is 12.3. The molecular formula is C15H13F4NO4. The van der Waals surface area contributed by atoms with Crippen LogP contribution in [0.5, 0.6) is 5.75 Å². The van der Waals surface area contributed by atoms with E-state index in [0.29, 0.717) is 0 Å².